The second-order valence-corrected chi connectivity index (χ2v) is 5.60. The van der Waals surface area contributed by atoms with Crippen LogP contribution in [0.1, 0.15) is 29.8 Å². The lowest BCUT2D eigenvalue weighted by molar-refractivity contribution is -0.137. The molecule has 0 bridgehead atoms. The second-order valence-electron chi connectivity index (χ2n) is 4.78. The molecule has 0 amide bonds. The first-order chi connectivity index (χ1) is 10.3. The molecule has 0 saturated carbocycles. The molecule has 0 aliphatic rings. The quantitative estimate of drug-likeness (QED) is 0.815. The number of alkyl halides is 3. The Morgan fingerprint density at radius 1 is 1.18 bits per heavy atom. The van der Waals surface area contributed by atoms with Crippen molar-refractivity contribution in [1.29, 1.82) is 0 Å². The van der Waals surface area contributed by atoms with Crippen LogP contribution in [0.4, 0.5) is 13.2 Å². The summed E-state index contributed by atoms with van der Waals surface area (Å²) in [5, 5.41) is 3.74. The summed E-state index contributed by atoms with van der Waals surface area (Å²) >= 11 is 12.0. The molecule has 0 aliphatic carbocycles. The van der Waals surface area contributed by atoms with Gasteiger partial charge in [0.2, 0.25) is 0 Å². The molecule has 0 aliphatic heterocycles. The third-order valence-electron chi connectivity index (χ3n) is 3.16. The number of hydrogen-bond donors (Lipinski definition) is 1. The number of benzene rings is 1. The SMILES string of the molecule is CC(NCc1ccccc1Cl)c1ncc(C(F)(F)F)cc1Cl. The molecule has 0 fully saturated rings. The maximum Gasteiger partial charge on any atom is 0.417 e. The van der Waals surface area contributed by atoms with Crippen molar-refractivity contribution in [2.45, 2.75) is 25.7 Å². The van der Waals surface area contributed by atoms with E-state index in [-0.39, 0.29) is 11.1 Å². The monoisotopic (exact) mass is 348 g/mol. The Morgan fingerprint density at radius 3 is 2.45 bits per heavy atom. The van der Waals surface area contributed by atoms with Gasteiger partial charge in [-0.1, -0.05) is 41.4 Å². The molecule has 0 spiro atoms. The smallest absolute Gasteiger partial charge is 0.305 e. The van der Waals surface area contributed by atoms with Crippen molar-refractivity contribution in [3.05, 3.63) is 63.4 Å². The highest BCUT2D eigenvalue weighted by atomic mass is 35.5. The van der Waals surface area contributed by atoms with Gasteiger partial charge in [0, 0.05) is 23.8 Å². The summed E-state index contributed by atoms with van der Waals surface area (Å²) < 4.78 is 37.8. The van der Waals surface area contributed by atoms with Crippen LogP contribution < -0.4 is 5.32 Å². The van der Waals surface area contributed by atoms with Gasteiger partial charge in [-0.3, -0.25) is 4.98 Å². The summed E-state index contributed by atoms with van der Waals surface area (Å²) in [5.74, 6) is 0. The lowest BCUT2D eigenvalue weighted by Crippen LogP contribution is -2.20. The van der Waals surface area contributed by atoms with E-state index in [1.54, 1.807) is 13.0 Å². The molecule has 0 radical (unpaired) electrons. The fourth-order valence-corrected chi connectivity index (χ4v) is 2.46. The molecular weight excluding hydrogens is 336 g/mol. The van der Waals surface area contributed by atoms with E-state index in [1.807, 2.05) is 18.2 Å². The molecule has 0 saturated heterocycles. The van der Waals surface area contributed by atoms with Crippen LogP contribution in [0.5, 0.6) is 0 Å². The summed E-state index contributed by atoms with van der Waals surface area (Å²) in [6, 6.07) is 7.89. The molecule has 1 aromatic heterocycles. The van der Waals surface area contributed by atoms with Gasteiger partial charge in [0.1, 0.15) is 0 Å². The number of halogens is 5. The lowest BCUT2D eigenvalue weighted by Gasteiger charge is -2.16. The molecule has 1 aromatic carbocycles. The third kappa shape index (κ3) is 4.12. The number of nitrogens with one attached hydrogen (secondary N) is 1. The van der Waals surface area contributed by atoms with Gasteiger partial charge in [-0.05, 0) is 24.6 Å². The van der Waals surface area contributed by atoms with E-state index >= 15 is 0 Å². The van der Waals surface area contributed by atoms with E-state index < -0.39 is 11.7 Å². The van der Waals surface area contributed by atoms with E-state index in [0.717, 1.165) is 17.8 Å². The van der Waals surface area contributed by atoms with Crippen LogP contribution >= 0.6 is 23.2 Å². The largest absolute Gasteiger partial charge is 0.417 e. The molecule has 118 valence electrons. The highest BCUT2D eigenvalue weighted by Crippen LogP contribution is 2.32. The van der Waals surface area contributed by atoms with E-state index in [1.165, 1.54) is 0 Å². The summed E-state index contributed by atoms with van der Waals surface area (Å²) in [7, 11) is 0. The van der Waals surface area contributed by atoms with Crippen LogP contribution in [-0.2, 0) is 12.7 Å². The topological polar surface area (TPSA) is 24.9 Å². The van der Waals surface area contributed by atoms with E-state index in [9.17, 15) is 13.2 Å². The lowest BCUT2D eigenvalue weighted by atomic mass is 10.1. The maximum absolute atomic E-state index is 12.6. The van der Waals surface area contributed by atoms with Crippen molar-refractivity contribution in [2.75, 3.05) is 0 Å². The predicted octanol–water partition coefficient (Wildman–Crippen LogP) is 5.26. The van der Waals surface area contributed by atoms with Gasteiger partial charge in [-0.2, -0.15) is 13.2 Å². The van der Waals surface area contributed by atoms with Crippen molar-refractivity contribution in [1.82, 2.24) is 10.3 Å². The van der Waals surface area contributed by atoms with Gasteiger partial charge in [0.15, 0.2) is 0 Å². The molecule has 7 heteroatoms. The molecule has 2 aromatic rings. The van der Waals surface area contributed by atoms with Gasteiger partial charge in [-0.25, -0.2) is 0 Å². The zero-order valence-corrected chi connectivity index (χ0v) is 13.1. The highest BCUT2D eigenvalue weighted by molar-refractivity contribution is 6.31. The third-order valence-corrected chi connectivity index (χ3v) is 3.84. The van der Waals surface area contributed by atoms with Crippen LogP contribution in [-0.4, -0.2) is 4.98 Å². The number of hydrogen-bond acceptors (Lipinski definition) is 2. The molecule has 2 nitrogen and oxygen atoms in total. The molecule has 2 rings (SSSR count). The Morgan fingerprint density at radius 2 is 1.86 bits per heavy atom. The second kappa shape index (κ2) is 6.86. The Hall–Kier alpha value is -1.30. The van der Waals surface area contributed by atoms with Gasteiger partial charge >= 0.3 is 6.18 Å². The molecule has 1 N–H and O–H groups in total. The summed E-state index contributed by atoms with van der Waals surface area (Å²) in [5.41, 5.74) is 0.389. The number of aromatic nitrogens is 1. The number of nitrogens with zero attached hydrogens (tertiary/aromatic N) is 1. The Balaban J connectivity index is 2.10. The Bertz CT molecular complexity index is 659. The van der Waals surface area contributed by atoms with Crippen LogP contribution in [0.15, 0.2) is 36.5 Å². The molecule has 1 heterocycles. The fourth-order valence-electron chi connectivity index (χ4n) is 1.92. The first kappa shape index (κ1) is 17.1. The summed E-state index contributed by atoms with van der Waals surface area (Å²) in [4.78, 5) is 3.83. The van der Waals surface area contributed by atoms with Crippen LogP contribution in [0.25, 0.3) is 0 Å². The van der Waals surface area contributed by atoms with Gasteiger partial charge in [0.25, 0.3) is 0 Å². The zero-order chi connectivity index (χ0) is 16.3. The van der Waals surface area contributed by atoms with E-state index in [4.69, 9.17) is 23.2 Å². The van der Waals surface area contributed by atoms with Crippen LogP contribution in [0, 0.1) is 0 Å². The number of rotatable bonds is 4. The minimum Gasteiger partial charge on any atom is -0.305 e. The standard InChI is InChI=1S/C15H13Cl2F3N2/c1-9(21-7-10-4-2-3-5-12(10)16)14-13(17)6-11(8-22-14)15(18,19)20/h2-6,8-9,21H,7H2,1H3. The molecule has 1 atom stereocenters. The van der Waals surface area contributed by atoms with E-state index in [2.05, 4.69) is 10.3 Å². The average molecular weight is 349 g/mol. The average Bonchev–Trinajstić information content (AvgIpc) is 2.45. The van der Waals surface area contributed by atoms with Gasteiger partial charge in [-0.15, -0.1) is 0 Å². The minimum atomic E-state index is -4.45. The summed E-state index contributed by atoms with van der Waals surface area (Å²) in [6.07, 6.45) is -3.67. The molecule has 1 unspecified atom stereocenters. The van der Waals surface area contributed by atoms with Gasteiger partial charge < -0.3 is 5.32 Å². The normalized spacial score (nSPS) is 13.2. The van der Waals surface area contributed by atoms with Crippen molar-refractivity contribution >= 4 is 23.2 Å². The summed E-state index contributed by atoms with van der Waals surface area (Å²) in [6.45, 7) is 2.23. The Kier molecular flexibility index (Phi) is 5.32. The fraction of sp³-hybridized carbons (Fsp3) is 0.267. The van der Waals surface area contributed by atoms with Crippen molar-refractivity contribution in [3.63, 3.8) is 0 Å². The van der Waals surface area contributed by atoms with Crippen LogP contribution in [0.3, 0.4) is 0 Å². The number of pyridine rings is 1. The Labute approximate surface area is 136 Å². The molecular formula is C15H13Cl2F3N2. The maximum atomic E-state index is 12.6. The van der Waals surface area contributed by atoms with Crippen molar-refractivity contribution < 1.29 is 13.2 Å². The van der Waals surface area contributed by atoms with Crippen molar-refractivity contribution in [3.8, 4) is 0 Å². The first-order valence-corrected chi connectivity index (χ1v) is 7.24. The first-order valence-electron chi connectivity index (χ1n) is 6.48. The highest BCUT2D eigenvalue weighted by Gasteiger charge is 2.31. The molecule has 22 heavy (non-hydrogen) atoms. The predicted molar refractivity (Wildman–Crippen MR) is 81.0 cm³/mol. The minimum absolute atomic E-state index is 0.0195. The van der Waals surface area contributed by atoms with Crippen LogP contribution in [0.2, 0.25) is 10.0 Å². The van der Waals surface area contributed by atoms with Crippen molar-refractivity contribution in [2.24, 2.45) is 0 Å². The van der Waals surface area contributed by atoms with E-state index in [0.29, 0.717) is 17.3 Å². The van der Waals surface area contributed by atoms with Gasteiger partial charge in [0.05, 0.1) is 16.3 Å². The zero-order valence-electron chi connectivity index (χ0n) is 11.6.